The van der Waals surface area contributed by atoms with Crippen LogP contribution >= 0.6 is 0 Å². The van der Waals surface area contributed by atoms with Gasteiger partial charge in [0.25, 0.3) is 0 Å². The van der Waals surface area contributed by atoms with Crippen molar-refractivity contribution in [2.24, 2.45) is 0 Å². The normalized spacial score (nSPS) is 10.6. The minimum Gasteiger partial charge on any atom is -0.399 e. The minimum absolute atomic E-state index is 0.00275. The topological polar surface area (TPSA) is 72.9 Å². The van der Waals surface area contributed by atoms with Crippen molar-refractivity contribution in [3.63, 3.8) is 0 Å². The molecule has 17 heavy (non-hydrogen) atoms. The van der Waals surface area contributed by atoms with Crippen LogP contribution in [0.1, 0.15) is 13.3 Å². The third-order valence-corrected chi connectivity index (χ3v) is 2.53. The van der Waals surface area contributed by atoms with Crippen LogP contribution < -0.4 is 11.1 Å². The Morgan fingerprint density at radius 2 is 2.35 bits per heavy atom. The van der Waals surface area contributed by atoms with Crippen molar-refractivity contribution >= 4 is 22.6 Å². The molecular weight excluding hydrogens is 216 g/mol. The number of nitrogens with one attached hydrogen (secondary N) is 1. The second-order valence-corrected chi connectivity index (χ2v) is 3.97. The number of carbonyl (C=O) groups is 1. The van der Waals surface area contributed by atoms with Gasteiger partial charge in [-0.15, -0.1) is 0 Å². The summed E-state index contributed by atoms with van der Waals surface area (Å²) in [5.41, 5.74) is 8.09. The van der Waals surface area contributed by atoms with E-state index in [2.05, 4.69) is 10.3 Å². The van der Waals surface area contributed by atoms with Crippen molar-refractivity contribution in [3.8, 4) is 0 Å². The van der Waals surface area contributed by atoms with Gasteiger partial charge in [0.1, 0.15) is 6.54 Å². The number of nitrogens with two attached hydrogens (primary N) is 1. The van der Waals surface area contributed by atoms with Gasteiger partial charge >= 0.3 is 0 Å². The Hall–Kier alpha value is -2.04. The predicted octanol–water partition coefficient (Wildman–Crippen LogP) is 1.14. The predicted molar refractivity (Wildman–Crippen MR) is 67.4 cm³/mol. The van der Waals surface area contributed by atoms with E-state index in [-0.39, 0.29) is 5.91 Å². The maximum absolute atomic E-state index is 11.6. The first-order chi connectivity index (χ1) is 8.20. The number of amides is 1. The quantitative estimate of drug-likeness (QED) is 0.776. The number of aromatic nitrogens is 2. The Balaban J connectivity index is 2.16. The van der Waals surface area contributed by atoms with Crippen molar-refractivity contribution in [3.05, 3.63) is 24.5 Å². The molecule has 0 atom stereocenters. The fourth-order valence-corrected chi connectivity index (χ4v) is 1.68. The molecule has 0 aliphatic carbocycles. The van der Waals surface area contributed by atoms with E-state index < -0.39 is 0 Å². The number of hydrogen-bond donors (Lipinski definition) is 2. The number of rotatable bonds is 4. The Morgan fingerprint density at radius 1 is 1.53 bits per heavy atom. The highest BCUT2D eigenvalue weighted by Crippen LogP contribution is 2.15. The van der Waals surface area contributed by atoms with Crippen molar-refractivity contribution in [2.45, 2.75) is 19.9 Å². The smallest absolute Gasteiger partial charge is 0.239 e. The van der Waals surface area contributed by atoms with Gasteiger partial charge in [-0.1, -0.05) is 6.92 Å². The van der Waals surface area contributed by atoms with Crippen LogP contribution in [0.15, 0.2) is 24.5 Å². The summed E-state index contributed by atoms with van der Waals surface area (Å²) in [6.07, 6.45) is 2.60. The van der Waals surface area contributed by atoms with Gasteiger partial charge in [0.15, 0.2) is 0 Å². The van der Waals surface area contributed by atoms with E-state index in [4.69, 9.17) is 5.73 Å². The second kappa shape index (κ2) is 4.86. The maximum Gasteiger partial charge on any atom is 0.239 e. The van der Waals surface area contributed by atoms with E-state index >= 15 is 0 Å². The summed E-state index contributed by atoms with van der Waals surface area (Å²) >= 11 is 0. The lowest BCUT2D eigenvalue weighted by Gasteiger charge is -2.05. The average molecular weight is 232 g/mol. The third kappa shape index (κ3) is 2.55. The van der Waals surface area contributed by atoms with Gasteiger partial charge in [-0.3, -0.25) is 4.79 Å². The number of carbonyl (C=O) groups excluding carboxylic acids is 1. The lowest BCUT2D eigenvalue weighted by Crippen LogP contribution is -2.27. The molecular formula is C12H16N4O. The van der Waals surface area contributed by atoms with Crippen LogP contribution in [0.4, 0.5) is 5.69 Å². The highest BCUT2D eigenvalue weighted by molar-refractivity contribution is 5.82. The van der Waals surface area contributed by atoms with Gasteiger partial charge in [0.05, 0.1) is 17.4 Å². The molecule has 5 nitrogen and oxygen atoms in total. The van der Waals surface area contributed by atoms with Gasteiger partial charge in [-0.2, -0.15) is 0 Å². The highest BCUT2D eigenvalue weighted by Gasteiger charge is 2.06. The molecule has 1 aromatic carbocycles. The van der Waals surface area contributed by atoms with Crippen molar-refractivity contribution in [2.75, 3.05) is 12.3 Å². The SMILES string of the molecule is CCCNC(=O)Cn1cnc2cc(N)ccc21. The first kappa shape index (κ1) is 11.4. The number of nitrogen functional groups attached to an aromatic ring is 1. The largest absolute Gasteiger partial charge is 0.399 e. The van der Waals surface area contributed by atoms with Crippen LogP contribution in [-0.4, -0.2) is 22.0 Å². The Kier molecular flexibility index (Phi) is 3.27. The molecule has 0 aliphatic heterocycles. The fraction of sp³-hybridized carbons (Fsp3) is 0.333. The third-order valence-electron chi connectivity index (χ3n) is 2.53. The summed E-state index contributed by atoms with van der Waals surface area (Å²) in [6, 6.07) is 5.49. The molecule has 0 unspecified atom stereocenters. The van der Waals surface area contributed by atoms with Crippen molar-refractivity contribution in [1.29, 1.82) is 0 Å². The minimum atomic E-state index is 0.00275. The molecule has 0 fully saturated rings. The van der Waals surface area contributed by atoms with E-state index in [1.54, 1.807) is 12.4 Å². The molecule has 1 heterocycles. The summed E-state index contributed by atoms with van der Waals surface area (Å²) in [6.45, 7) is 3.02. The zero-order valence-corrected chi connectivity index (χ0v) is 9.81. The molecule has 0 saturated carbocycles. The Morgan fingerprint density at radius 3 is 3.12 bits per heavy atom. The van der Waals surface area contributed by atoms with Crippen molar-refractivity contribution in [1.82, 2.24) is 14.9 Å². The Bertz CT molecular complexity index is 532. The first-order valence-electron chi connectivity index (χ1n) is 5.67. The van der Waals surface area contributed by atoms with E-state index in [1.807, 2.05) is 23.6 Å². The van der Waals surface area contributed by atoms with Gasteiger partial charge in [-0.25, -0.2) is 4.98 Å². The molecule has 3 N–H and O–H groups in total. The molecule has 1 amide bonds. The molecule has 0 aliphatic rings. The van der Waals surface area contributed by atoms with E-state index in [9.17, 15) is 4.79 Å². The lowest BCUT2D eigenvalue weighted by atomic mass is 10.3. The van der Waals surface area contributed by atoms with Gasteiger partial charge in [-0.05, 0) is 24.6 Å². The summed E-state index contributed by atoms with van der Waals surface area (Å²) in [7, 11) is 0. The van der Waals surface area contributed by atoms with Crippen LogP contribution in [0, 0.1) is 0 Å². The zero-order chi connectivity index (χ0) is 12.3. The highest BCUT2D eigenvalue weighted by atomic mass is 16.1. The molecule has 0 radical (unpaired) electrons. The van der Waals surface area contributed by atoms with Crippen molar-refractivity contribution < 1.29 is 4.79 Å². The molecule has 0 saturated heterocycles. The van der Waals surface area contributed by atoms with Crippen LogP contribution in [0.3, 0.4) is 0 Å². The molecule has 90 valence electrons. The summed E-state index contributed by atoms with van der Waals surface area (Å²) in [4.78, 5) is 15.8. The number of hydrogen-bond acceptors (Lipinski definition) is 3. The van der Waals surface area contributed by atoms with E-state index in [0.29, 0.717) is 18.8 Å². The van der Waals surface area contributed by atoms with Crippen LogP contribution in [0.2, 0.25) is 0 Å². The van der Waals surface area contributed by atoms with E-state index in [1.165, 1.54) is 0 Å². The van der Waals surface area contributed by atoms with E-state index in [0.717, 1.165) is 17.5 Å². The molecule has 0 bridgehead atoms. The fourth-order valence-electron chi connectivity index (χ4n) is 1.68. The van der Waals surface area contributed by atoms with Gasteiger partial charge in [0, 0.05) is 12.2 Å². The lowest BCUT2D eigenvalue weighted by molar-refractivity contribution is -0.121. The average Bonchev–Trinajstić information content (AvgIpc) is 2.69. The standard InChI is InChI=1S/C12H16N4O/c1-2-5-14-12(17)7-16-8-15-10-6-9(13)3-4-11(10)16/h3-4,6,8H,2,5,7,13H2,1H3,(H,14,17). The Labute approximate surface area is 99.6 Å². The monoisotopic (exact) mass is 232 g/mol. The number of benzene rings is 1. The molecule has 2 rings (SSSR count). The van der Waals surface area contributed by atoms with Crippen LogP contribution in [-0.2, 0) is 11.3 Å². The molecule has 2 aromatic rings. The number of imidazole rings is 1. The van der Waals surface area contributed by atoms with Gasteiger partial charge < -0.3 is 15.6 Å². The first-order valence-corrected chi connectivity index (χ1v) is 5.67. The zero-order valence-electron chi connectivity index (χ0n) is 9.81. The number of fused-ring (bicyclic) bond motifs is 1. The second-order valence-electron chi connectivity index (χ2n) is 3.97. The molecule has 1 aromatic heterocycles. The van der Waals surface area contributed by atoms with Crippen LogP contribution in [0.5, 0.6) is 0 Å². The number of anilines is 1. The van der Waals surface area contributed by atoms with Gasteiger partial charge in [0.2, 0.25) is 5.91 Å². The van der Waals surface area contributed by atoms with Crippen LogP contribution in [0.25, 0.3) is 11.0 Å². The summed E-state index contributed by atoms with van der Waals surface area (Å²) in [5.74, 6) is 0.00275. The number of nitrogens with zero attached hydrogens (tertiary/aromatic N) is 2. The summed E-state index contributed by atoms with van der Waals surface area (Å²) in [5, 5.41) is 2.83. The maximum atomic E-state index is 11.6. The molecule has 0 spiro atoms. The summed E-state index contributed by atoms with van der Waals surface area (Å²) < 4.78 is 1.82. The molecule has 5 heteroatoms.